The molecule has 2 heterocycles. The molecule has 0 aliphatic carbocycles. The van der Waals surface area contributed by atoms with E-state index in [4.69, 9.17) is 26.2 Å². The SMILES string of the molecule is O=C(O)CCCC(=O)Nc1ccc([C@H]2O[C@@H](CN3CCC(O)(c4ccc(Cl)cc4)CC3)C[C@@H](c3ccc(CO)cc3)O2)cc1. The van der Waals surface area contributed by atoms with Crippen molar-refractivity contribution in [3.63, 3.8) is 0 Å². The number of anilines is 1. The Hall–Kier alpha value is -3.31. The summed E-state index contributed by atoms with van der Waals surface area (Å²) in [5.74, 6) is -1.16. The number of amides is 1. The van der Waals surface area contributed by atoms with Crippen LogP contribution in [0.5, 0.6) is 0 Å². The Morgan fingerprint density at radius 1 is 0.909 bits per heavy atom. The number of nitrogens with zero attached hydrogens (tertiary/aromatic N) is 1. The van der Waals surface area contributed by atoms with Gasteiger partial charge in [-0.05, 0) is 60.2 Å². The topological polar surface area (TPSA) is 129 Å². The number of carbonyl (C=O) groups is 2. The molecule has 4 N–H and O–H groups in total. The second-order valence-corrected chi connectivity index (χ2v) is 12.0. The Kier molecular flexibility index (Phi) is 10.7. The molecule has 2 aliphatic heterocycles. The van der Waals surface area contributed by atoms with Crippen LogP contribution in [-0.4, -0.2) is 57.8 Å². The van der Waals surface area contributed by atoms with Crippen LogP contribution in [0.3, 0.4) is 0 Å². The number of aliphatic carboxylic acids is 1. The number of carboxylic acids is 1. The number of piperidine rings is 1. The minimum Gasteiger partial charge on any atom is -0.481 e. The van der Waals surface area contributed by atoms with Crippen molar-refractivity contribution in [2.75, 3.05) is 25.0 Å². The summed E-state index contributed by atoms with van der Waals surface area (Å²) in [6.07, 6.45) is 1.24. The number of benzene rings is 3. The van der Waals surface area contributed by atoms with Crippen LogP contribution in [0.15, 0.2) is 72.8 Å². The molecule has 10 heteroatoms. The zero-order chi connectivity index (χ0) is 31.1. The molecule has 44 heavy (non-hydrogen) atoms. The van der Waals surface area contributed by atoms with Gasteiger partial charge in [-0.15, -0.1) is 0 Å². The van der Waals surface area contributed by atoms with Crippen LogP contribution in [0.2, 0.25) is 5.02 Å². The summed E-state index contributed by atoms with van der Waals surface area (Å²) in [7, 11) is 0. The van der Waals surface area contributed by atoms with Crippen LogP contribution in [0.1, 0.15) is 73.2 Å². The summed E-state index contributed by atoms with van der Waals surface area (Å²) in [6.45, 7) is 2.11. The summed E-state index contributed by atoms with van der Waals surface area (Å²) >= 11 is 6.05. The third kappa shape index (κ3) is 8.44. The van der Waals surface area contributed by atoms with E-state index in [1.54, 1.807) is 12.1 Å². The molecule has 0 unspecified atom stereocenters. The summed E-state index contributed by atoms with van der Waals surface area (Å²) < 4.78 is 12.9. The van der Waals surface area contributed by atoms with Gasteiger partial charge in [0.15, 0.2) is 6.29 Å². The van der Waals surface area contributed by atoms with Crippen molar-refractivity contribution in [3.05, 3.63) is 100 Å². The van der Waals surface area contributed by atoms with Gasteiger partial charge in [-0.3, -0.25) is 9.59 Å². The lowest BCUT2D eigenvalue weighted by Crippen LogP contribution is -2.46. The maximum Gasteiger partial charge on any atom is 0.303 e. The van der Waals surface area contributed by atoms with Gasteiger partial charge in [0.25, 0.3) is 0 Å². The number of ether oxygens (including phenoxy) is 2. The van der Waals surface area contributed by atoms with Crippen molar-refractivity contribution in [2.24, 2.45) is 0 Å². The lowest BCUT2D eigenvalue weighted by molar-refractivity contribution is -0.253. The predicted octanol–water partition coefficient (Wildman–Crippen LogP) is 5.55. The monoisotopic (exact) mass is 622 g/mol. The number of nitrogens with one attached hydrogen (secondary N) is 1. The quantitative estimate of drug-likeness (QED) is 0.219. The van der Waals surface area contributed by atoms with Crippen molar-refractivity contribution in [2.45, 2.75) is 69.2 Å². The number of likely N-dealkylation sites (tertiary alicyclic amines) is 1. The largest absolute Gasteiger partial charge is 0.481 e. The number of carboxylic acid groups (broad SMARTS) is 1. The van der Waals surface area contributed by atoms with Gasteiger partial charge in [0.05, 0.1) is 24.4 Å². The number of aliphatic hydroxyl groups excluding tert-OH is 1. The van der Waals surface area contributed by atoms with Gasteiger partial charge in [0.2, 0.25) is 5.91 Å². The fourth-order valence-corrected chi connectivity index (χ4v) is 5.95. The van der Waals surface area contributed by atoms with Crippen molar-refractivity contribution >= 4 is 29.2 Å². The maximum atomic E-state index is 12.2. The van der Waals surface area contributed by atoms with Crippen molar-refractivity contribution in [1.29, 1.82) is 0 Å². The summed E-state index contributed by atoms with van der Waals surface area (Å²) in [6, 6.07) is 22.5. The minimum atomic E-state index is -0.921. The number of halogens is 1. The fourth-order valence-electron chi connectivity index (χ4n) is 5.82. The van der Waals surface area contributed by atoms with Gasteiger partial charge in [0, 0.05) is 55.2 Å². The second-order valence-electron chi connectivity index (χ2n) is 11.6. The Balaban J connectivity index is 1.25. The van der Waals surface area contributed by atoms with E-state index in [1.165, 1.54) is 0 Å². The molecular weight excluding hydrogens is 584 g/mol. The predicted molar refractivity (Wildman–Crippen MR) is 166 cm³/mol. The lowest BCUT2D eigenvalue weighted by atomic mass is 9.84. The Bertz CT molecular complexity index is 1390. The number of carbonyl (C=O) groups excluding carboxylic acids is 1. The molecule has 0 bridgehead atoms. The van der Waals surface area contributed by atoms with E-state index in [0.29, 0.717) is 36.5 Å². The van der Waals surface area contributed by atoms with Gasteiger partial charge in [0.1, 0.15) is 0 Å². The minimum absolute atomic E-state index is 0.0278. The number of aliphatic hydroxyl groups is 2. The molecule has 3 atom stereocenters. The zero-order valence-corrected chi connectivity index (χ0v) is 25.3. The van der Waals surface area contributed by atoms with Crippen LogP contribution in [0.4, 0.5) is 5.69 Å². The highest BCUT2D eigenvalue weighted by molar-refractivity contribution is 6.30. The Morgan fingerprint density at radius 3 is 2.20 bits per heavy atom. The normalized spacial score (nSPS) is 21.9. The number of hydrogen-bond donors (Lipinski definition) is 4. The van der Waals surface area contributed by atoms with Gasteiger partial charge in [-0.25, -0.2) is 0 Å². The standard InChI is InChI=1S/C34H39ClN2O7/c35-27-12-10-26(11-13-27)34(42)16-18-37(19-17-34)21-29-20-30(24-6-4-23(22-38)5-7-24)44-33(43-29)25-8-14-28(15-9-25)36-31(39)2-1-3-32(40)41/h4-15,29-30,33,38,42H,1-3,16-22H2,(H,36,39)(H,40,41)/t29-,30+,33+/m1/s1. The van der Waals surface area contributed by atoms with Crippen molar-refractivity contribution in [3.8, 4) is 0 Å². The van der Waals surface area contributed by atoms with Gasteiger partial charge in [-0.2, -0.15) is 0 Å². The summed E-state index contributed by atoms with van der Waals surface area (Å²) in [4.78, 5) is 25.2. The first-order valence-electron chi connectivity index (χ1n) is 15.0. The van der Waals surface area contributed by atoms with Crippen LogP contribution >= 0.6 is 11.6 Å². The molecular formula is C34H39ClN2O7. The molecule has 2 saturated heterocycles. The first-order chi connectivity index (χ1) is 21.2. The highest BCUT2D eigenvalue weighted by Crippen LogP contribution is 2.39. The van der Waals surface area contributed by atoms with Crippen LogP contribution in [0.25, 0.3) is 0 Å². The van der Waals surface area contributed by atoms with E-state index < -0.39 is 17.9 Å². The van der Waals surface area contributed by atoms with Crippen LogP contribution in [-0.2, 0) is 31.3 Å². The third-order valence-corrected chi connectivity index (χ3v) is 8.65. The molecule has 0 spiro atoms. The molecule has 3 aromatic rings. The first-order valence-corrected chi connectivity index (χ1v) is 15.4. The highest BCUT2D eigenvalue weighted by atomic mass is 35.5. The van der Waals surface area contributed by atoms with E-state index >= 15 is 0 Å². The first kappa shape index (κ1) is 32.1. The van der Waals surface area contributed by atoms with E-state index in [-0.39, 0.29) is 44.0 Å². The average Bonchev–Trinajstić information content (AvgIpc) is 3.02. The second kappa shape index (κ2) is 14.6. The van der Waals surface area contributed by atoms with E-state index in [2.05, 4.69) is 10.2 Å². The van der Waals surface area contributed by atoms with Gasteiger partial charge >= 0.3 is 5.97 Å². The van der Waals surface area contributed by atoms with Crippen LogP contribution < -0.4 is 5.32 Å². The average molecular weight is 623 g/mol. The smallest absolute Gasteiger partial charge is 0.303 e. The number of rotatable bonds is 11. The molecule has 0 radical (unpaired) electrons. The van der Waals surface area contributed by atoms with Gasteiger partial charge < -0.3 is 35.0 Å². The van der Waals surface area contributed by atoms with E-state index in [9.17, 15) is 19.8 Å². The molecule has 1 amide bonds. The molecule has 9 nitrogen and oxygen atoms in total. The zero-order valence-electron chi connectivity index (χ0n) is 24.5. The molecule has 3 aromatic carbocycles. The lowest BCUT2D eigenvalue weighted by Gasteiger charge is -2.42. The van der Waals surface area contributed by atoms with E-state index in [0.717, 1.165) is 35.3 Å². The molecule has 0 aromatic heterocycles. The third-order valence-electron chi connectivity index (χ3n) is 8.40. The van der Waals surface area contributed by atoms with Crippen LogP contribution in [0, 0.1) is 0 Å². The molecule has 2 fully saturated rings. The van der Waals surface area contributed by atoms with E-state index in [1.807, 2.05) is 60.7 Å². The van der Waals surface area contributed by atoms with Crippen molar-refractivity contribution < 1.29 is 34.4 Å². The Morgan fingerprint density at radius 2 is 1.57 bits per heavy atom. The van der Waals surface area contributed by atoms with Gasteiger partial charge in [-0.1, -0.05) is 60.1 Å². The highest BCUT2D eigenvalue weighted by Gasteiger charge is 2.37. The molecule has 234 valence electrons. The molecule has 2 aliphatic rings. The maximum absolute atomic E-state index is 12.2. The fraction of sp³-hybridized carbons (Fsp3) is 0.412. The van der Waals surface area contributed by atoms with Crippen molar-refractivity contribution in [1.82, 2.24) is 4.90 Å². The Labute approximate surface area is 262 Å². The molecule has 5 rings (SSSR count). The molecule has 0 saturated carbocycles. The summed E-state index contributed by atoms with van der Waals surface area (Å²) in [5, 5.41) is 33.1. The summed E-state index contributed by atoms with van der Waals surface area (Å²) in [5.41, 5.74) is 3.25. The number of hydrogen-bond acceptors (Lipinski definition) is 7.